The zero-order chi connectivity index (χ0) is 13.4. The molecule has 0 aliphatic rings. The van der Waals surface area contributed by atoms with Crippen molar-refractivity contribution in [2.75, 3.05) is 13.7 Å². The summed E-state index contributed by atoms with van der Waals surface area (Å²) in [6.45, 7) is 5.45. The molecule has 1 rings (SSSR count). The van der Waals surface area contributed by atoms with Crippen LogP contribution in [0.3, 0.4) is 0 Å². The van der Waals surface area contributed by atoms with Crippen LogP contribution in [-0.2, 0) is 0 Å². The maximum atomic E-state index is 6.19. The summed E-state index contributed by atoms with van der Waals surface area (Å²) in [5.41, 5.74) is 1.25. The van der Waals surface area contributed by atoms with E-state index in [1.54, 1.807) is 7.11 Å². The third-order valence-corrected chi connectivity index (χ3v) is 3.36. The first-order chi connectivity index (χ1) is 8.72. The highest BCUT2D eigenvalue weighted by atomic mass is 35.5. The Kier molecular flexibility index (Phi) is 7.14. The van der Waals surface area contributed by atoms with Gasteiger partial charge in [-0.3, -0.25) is 0 Å². The number of benzene rings is 1. The van der Waals surface area contributed by atoms with Crippen LogP contribution in [0.2, 0.25) is 5.02 Å². The molecule has 0 amide bonds. The Labute approximate surface area is 116 Å². The van der Waals surface area contributed by atoms with Crippen molar-refractivity contribution < 1.29 is 4.74 Å². The second-order valence-electron chi connectivity index (χ2n) is 4.54. The van der Waals surface area contributed by atoms with Gasteiger partial charge in [-0.25, -0.2) is 0 Å². The molecule has 1 aromatic rings. The lowest BCUT2D eigenvalue weighted by Crippen LogP contribution is -2.22. The quantitative estimate of drug-likeness (QED) is 0.746. The smallest absolute Gasteiger partial charge is 0.137 e. The minimum Gasteiger partial charge on any atom is -0.495 e. The van der Waals surface area contributed by atoms with E-state index in [9.17, 15) is 0 Å². The number of methoxy groups -OCH3 is 1. The van der Waals surface area contributed by atoms with Crippen LogP contribution in [0.15, 0.2) is 18.2 Å². The molecule has 18 heavy (non-hydrogen) atoms. The van der Waals surface area contributed by atoms with Gasteiger partial charge in [0.05, 0.1) is 12.1 Å². The van der Waals surface area contributed by atoms with E-state index in [1.165, 1.54) is 18.4 Å². The fourth-order valence-electron chi connectivity index (χ4n) is 2.01. The molecular weight excluding hydrogens is 246 g/mol. The Balaban J connectivity index is 2.79. The topological polar surface area (TPSA) is 21.3 Å². The largest absolute Gasteiger partial charge is 0.495 e. The third kappa shape index (κ3) is 4.51. The molecule has 0 saturated carbocycles. The van der Waals surface area contributed by atoms with E-state index in [1.807, 2.05) is 12.1 Å². The van der Waals surface area contributed by atoms with Gasteiger partial charge in [0.25, 0.3) is 0 Å². The molecule has 1 aromatic carbocycles. The summed E-state index contributed by atoms with van der Waals surface area (Å²) in [7, 11) is 1.64. The van der Waals surface area contributed by atoms with Crippen molar-refractivity contribution in [1.29, 1.82) is 0 Å². The molecule has 0 bridgehead atoms. The number of rotatable bonds is 8. The summed E-state index contributed by atoms with van der Waals surface area (Å²) in [6.07, 6.45) is 4.74. The number of hydrogen-bond acceptors (Lipinski definition) is 2. The zero-order valence-corrected chi connectivity index (χ0v) is 12.4. The Morgan fingerprint density at radius 1 is 1.28 bits per heavy atom. The second kappa shape index (κ2) is 8.39. The van der Waals surface area contributed by atoms with Crippen LogP contribution in [0.4, 0.5) is 0 Å². The molecule has 0 aliphatic carbocycles. The van der Waals surface area contributed by atoms with E-state index in [0.717, 1.165) is 25.1 Å². The van der Waals surface area contributed by atoms with Crippen LogP contribution in [0.5, 0.6) is 5.75 Å². The first-order valence-corrected chi connectivity index (χ1v) is 7.17. The van der Waals surface area contributed by atoms with Crippen LogP contribution in [0, 0.1) is 0 Å². The predicted octanol–water partition coefficient (Wildman–Crippen LogP) is 4.58. The molecule has 0 saturated heterocycles. The lowest BCUT2D eigenvalue weighted by Gasteiger charge is -2.19. The van der Waals surface area contributed by atoms with Gasteiger partial charge >= 0.3 is 0 Å². The molecule has 1 atom stereocenters. The summed E-state index contributed by atoms with van der Waals surface area (Å²) >= 11 is 6.19. The van der Waals surface area contributed by atoms with Gasteiger partial charge < -0.3 is 10.1 Å². The van der Waals surface area contributed by atoms with Crippen molar-refractivity contribution in [1.82, 2.24) is 5.32 Å². The molecule has 0 aliphatic heterocycles. The van der Waals surface area contributed by atoms with Crippen LogP contribution >= 0.6 is 11.6 Å². The number of ether oxygens (including phenoxy) is 1. The average Bonchev–Trinajstić information content (AvgIpc) is 2.39. The average molecular weight is 270 g/mol. The summed E-state index contributed by atoms with van der Waals surface area (Å²) in [6, 6.07) is 6.47. The summed E-state index contributed by atoms with van der Waals surface area (Å²) < 4.78 is 5.19. The Morgan fingerprint density at radius 3 is 2.61 bits per heavy atom. The van der Waals surface area contributed by atoms with Gasteiger partial charge in [0, 0.05) is 6.04 Å². The minimum absolute atomic E-state index is 0.397. The molecule has 0 heterocycles. The van der Waals surface area contributed by atoms with E-state index in [4.69, 9.17) is 16.3 Å². The molecule has 3 heteroatoms. The Bertz CT molecular complexity index is 346. The van der Waals surface area contributed by atoms with Gasteiger partial charge in [-0.2, -0.15) is 0 Å². The number of nitrogens with one attached hydrogen (secondary N) is 1. The van der Waals surface area contributed by atoms with E-state index in [2.05, 4.69) is 25.2 Å². The highest BCUT2D eigenvalue weighted by Gasteiger charge is 2.12. The van der Waals surface area contributed by atoms with Crippen molar-refractivity contribution in [2.24, 2.45) is 0 Å². The molecule has 1 unspecified atom stereocenters. The van der Waals surface area contributed by atoms with Gasteiger partial charge in [0.15, 0.2) is 0 Å². The summed E-state index contributed by atoms with van der Waals surface area (Å²) in [4.78, 5) is 0. The van der Waals surface area contributed by atoms with Crippen LogP contribution in [0.25, 0.3) is 0 Å². The summed E-state index contributed by atoms with van der Waals surface area (Å²) in [5.74, 6) is 0.741. The van der Waals surface area contributed by atoms with Gasteiger partial charge in [-0.1, -0.05) is 44.4 Å². The highest BCUT2D eigenvalue weighted by molar-refractivity contribution is 6.32. The van der Waals surface area contributed by atoms with Crippen molar-refractivity contribution >= 4 is 11.6 Å². The number of hydrogen-bond donors (Lipinski definition) is 1. The molecule has 2 nitrogen and oxygen atoms in total. The van der Waals surface area contributed by atoms with E-state index >= 15 is 0 Å². The molecule has 0 fully saturated rings. The molecule has 0 spiro atoms. The van der Waals surface area contributed by atoms with Crippen molar-refractivity contribution in [3.8, 4) is 5.75 Å². The second-order valence-corrected chi connectivity index (χ2v) is 4.95. The van der Waals surface area contributed by atoms with Gasteiger partial charge in [0.2, 0.25) is 0 Å². The Hall–Kier alpha value is -0.730. The van der Waals surface area contributed by atoms with E-state index in [-0.39, 0.29) is 0 Å². The Morgan fingerprint density at radius 2 is 2.06 bits per heavy atom. The van der Waals surface area contributed by atoms with Crippen LogP contribution < -0.4 is 10.1 Å². The fraction of sp³-hybridized carbons (Fsp3) is 0.600. The normalized spacial score (nSPS) is 12.4. The lowest BCUT2D eigenvalue weighted by atomic mass is 10.0. The maximum Gasteiger partial charge on any atom is 0.137 e. The monoisotopic (exact) mass is 269 g/mol. The third-order valence-electron chi connectivity index (χ3n) is 3.07. The number of halogens is 1. The molecule has 0 aromatic heterocycles. The van der Waals surface area contributed by atoms with Crippen LogP contribution in [-0.4, -0.2) is 13.7 Å². The zero-order valence-electron chi connectivity index (χ0n) is 11.6. The standard InChI is InChI=1S/C15H24ClNO/c1-4-6-7-14(17-10-5-2)12-8-9-15(18-3)13(16)11-12/h8-9,11,14,17H,4-7,10H2,1-3H3. The minimum atomic E-state index is 0.397. The molecule has 102 valence electrons. The predicted molar refractivity (Wildman–Crippen MR) is 78.6 cm³/mol. The van der Waals surface area contributed by atoms with E-state index < -0.39 is 0 Å². The van der Waals surface area contributed by atoms with Crippen molar-refractivity contribution in [2.45, 2.75) is 45.6 Å². The summed E-state index contributed by atoms with van der Waals surface area (Å²) in [5, 5.41) is 4.28. The first kappa shape index (κ1) is 15.3. The fourth-order valence-corrected chi connectivity index (χ4v) is 2.28. The lowest BCUT2D eigenvalue weighted by molar-refractivity contribution is 0.414. The molecular formula is C15H24ClNO. The van der Waals surface area contributed by atoms with Gasteiger partial charge in [0.1, 0.15) is 5.75 Å². The van der Waals surface area contributed by atoms with Gasteiger partial charge in [-0.15, -0.1) is 0 Å². The SMILES string of the molecule is CCCCC(NCCC)c1ccc(OC)c(Cl)c1. The van der Waals surface area contributed by atoms with Gasteiger partial charge in [-0.05, 0) is 37.1 Å². The first-order valence-electron chi connectivity index (χ1n) is 6.79. The maximum absolute atomic E-state index is 6.19. The van der Waals surface area contributed by atoms with Crippen molar-refractivity contribution in [3.05, 3.63) is 28.8 Å². The van der Waals surface area contributed by atoms with Crippen LogP contribution in [0.1, 0.15) is 51.1 Å². The molecule has 0 radical (unpaired) electrons. The van der Waals surface area contributed by atoms with E-state index in [0.29, 0.717) is 11.1 Å². The number of unbranched alkanes of at least 4 members (excludes halogenated alkanes) is 1. The highest BCUT2D eigenvalue weighted by Crippen LogP contribution is 2.29. The van der Waals surface area contributed by atoms with Crippen molar-refractivity contribution in [3.63, 3.8) is 0 Å². The molecule has 1 N–H and O–H groups in total.